The lowest BCUT2D eigenvalue weighted by atomic mass is 9.96. The van der Waals surface area contributed by atoms with Crippen molar-refractivity contribution in [1.29, 1.82) is 5.41 Å². The standard InChI is InChI=1S/C18H25ClN4.C2H6/c1-12(9-13-7-8-13)15(10-20)17-16(19)11-21-18(23-17)22-14-5-3-2-4-6-14;1-2/h10-11,13-14,20H,2-9H2,1H3,(H,21,22,23);1-2H3/b15-12-,20-10?;. The first-order chi connectivity index (χ1) is 12.2. The fraction of sp³-hybridized carbons (Fsp3) is 0.650. The summed E-state index contributed by atoms with van der Waals surface area (Å²) >= 11 is 6.32. The highest BCUT2D eigenvalue weighted by Crippen LogP contribution is 2.37. The molecule has 0 amide bonds. The number of halogens is 1. The zero-order chi connectivity index (χ0) is 18.2. The van der Waals surface area contributed by atoms with Crippen LogP contribution in [0.1, 0.15) is 77.8 Å². The number of hydrogen-bond donors (Lipinski definition) is 2. The summed E-state index contributed by atoms with van der Waals surface area (Å²) in [6, 6.07) is 0.456. The first kappa shape index (κ1) is 19.9. The Hall–Kier alpha value is -1.42. The van der Waals surface area contributed by atoms with Gasteiger partial charge in [-0.15, -0.1) is 0 Å². The van der Waals surface area contributed by atoms with E-state index in [0.29, 0.717) is 22.7 Å². The highest BCUT2D eigenvalue weighted by Gasteiger charge is 2.23. The molecule has 138 valence electrons. The molecule has 2 aliphatic rings. The lowest BCUT2D eigenvalue weighted by Crippen LogP contribution is -2.23. The molecule has 3 rings (SSSR count). The maximum Gasteiger partial charge on any atom is 0.223 e. The van der Waals surface area contributed by atoms with Crippen LogP contribution in [0.15, 0.2) is 11.8 Å². The number of hydrogen-bond acceptors (Lipinski definition) is 4. The topological polar surface area (TPSA) is 61.7 Å². The van der Waals surface area contributed by atoms with Gasteiger partial charge in [-0.05, 0) is 44.9 Å². The Morgan fingerprint density at radius 3 is 2.52 bits per heavy atom. The van der Waals surface area contributed by atoms with E-state index in [1.54, 1.807) is 6.20 Å². The van der Waals surface area contributed by atoms with Crippen molar-refractivity contribution in [1.82, 2.24) is 9.97 Å². The predicted molar refractivity (Wildman–Crippen MR) is 108 cm³/mol. The quantitative estimate of drug-likeness (QED) is 0.599. The molecule has 0 spiro atoms. The fourth-order valence-electron chi connectivity index (χ4n) is 3.31. The molecule has 4 nitrogen and oxygen atoms in total. The molecule has 1 heterocycles. The number of nitrogens with zero attached hydrogens (tertiary/aromatic N) is 2. The van der Waals surface area contributed by atoms with Crippen LogP contribution >= 0.6 is 11.6 Å². The minimum atomic E-state index is 0.456. The maximum absolute atomic E-state index is 7.79. The Labute approximate surface area is 157 Å². The van der Waals surface area contributed by atoms with Crippen molar-refractivity contribution < 1.29 is 0 Å². The van der Waals surface area contributed by atoms with Crippen LogP contribution in [0, 0.1) is 11.3 Å². The lowest BCUT2D eigenvalue weighted by Gasteiger charge is -2.23. The summed E-state index contributed by atoms with van der Waals surface area (Å²) in [4.78, 5) is 8.95. The Bertz CT molecular complexity index is 602. The molecule has 0 unspecified atom stereocenters. The molecule has 0 aliphatic heterocycles. The van der Waals surface area contributed by atoms with Crippen LogP contribution in [-0.4, -0.2) is 22.2 Å². The van der Waals surface area contributed by atoms with E-state index in [9.17, 15) is 0 Å². The van der Waals surface area contributed by atoms with Gasteiger partial charge in [-0.3, -0.25) is 0 Å². The number of anilines is 1. The van der Waals surface area contributed by atoms with Gasteiger partial charge in [-0.2, -0.15) is 0 Å². The second-order valence-corrected chi connectivity index (χ2v) is 7.26. The molecular formula is C20H31ClN4. The highest BCUT2D eigenvalue weighted by molar-refractivity contribution is 6.33. The molecule has 0 aromatic carbocycles. The zero-order valence-electron chi connectivity index (χ0n) is 15.7. The smallest absolute Gasteiger partial charge is 0.223 e. The molecule has 0 bridgehead atoms. The van der Waals surface area contributed by atoms with Crippen LogP contribution in [0.25, 0.3) is 5.57 Å². The Morgan fingerprint density at radius 2 is 1.92 bits per heavy atom. The SMILES string of the molecule is C/C(CC1CC1)=C(\C=N)c1nc(NC2CCCCC2)ncc1Cl.CC. The lowest BCUT2D eigenvalue weighted by molar-refractivity contribution is 0.461. The van der Waals surface area contributed by atoms with Crippen molar-refractivity contribution in [2.24, 2.45) is 5.92 Å². The molecule has 0 saturated heterocycles. The monoisotopic (exact) mass is 362 g/mol. The second-order valence-electron chi connectivity index (χ2n) is 6.86. The molecule has 5 heteroatoms. The van der Waals surface area contributed by atoms with Crippen LogP contribution in [0.3, 0.4) is 0 Å². The first-order valence-corrected chi connectivity index (χ1v) is 10.0. The summed E-state index contributed by atoms with van der Waals surface area (Å²) < 4.78 is 0. The van der Waals surface area contributed by atoms with Crippen LogP contribution in [0.5, 0.6) is 0 Å². The largest absolute Gasteiger partial charge is 0.351 e. The molecule has 0 atom stereocenters. The van der Waals surface area contributed by atoms with Crippen LogP contribution in [0.4, 0.5) is 5.95 Å². The van der Waals surface area contributed by atoms with Crippen LogP contribution < -0.4 is 5.32 Å². The zero-order valence-corrected chi connectivity index (χ0v) is 16.5. The third-order valence-corrected chi connectivity index (χ3v) is 5.11. The Morgan fingerprint density at radius 1 is 1.24 bits per heavy atom. The second kappa shape index (κ2) is 9.91. The van der Waals surface area contributed by atoms with Gasteiger partial charge in [0.15, 0.2) is 0 Å². The van der Waals surface area contributed by atoms with E-state index < -0.39 is 0 Å². The van der Waals surface area contributed by atoms with E-state index >= 15 is 0 Å². The van der Waals surface area contributed by atoms with Gasteiger partial charge in [-0.25, -0.2) is 9.97 Å². The van der Waals surface area contributed by atoms with E-state index in [2.05, 4.69) is 22.2 Å². The molecule has 2 N–H and O–H groups in total. The summed E-state index contributed by atoms with van der Waals surface area (Å²) in [5, 5.41) is 11.8. The first-order valence-electron chi connectivity index (χ1n) is 9.67. The summed E-state index contributed by atoms with van der Waals surface area (Å²) in [6.45, 7) is 6.09. The molecule has 1 aromatic heterocycles. The van der Waals surface area contributed by atoms with Crippen molar-refractivity contribution >= 4 is 29.3 Å². The van der Waals surface area contributed by atoms with Gasteiger partial charge in [-0.1, -0.05) is 50.3 Å². The minimum Gasteiger partial charge on any atom is -0.351 e. The van der Waals surface area contributed by atoms with Crippen molar-refractivity contribution in [2.75, 3.05) is 5.32 Å². The molecule has 2 saturated carbocycles. The van der Waals surface area contributed by atoms with E-state index in [0.717, 1.165) is 17.9 Å². The molecule has 1 aromatic rings. The van der Waals surface area contributed by atoms with Gasteiger partial charge < -0.3 is 10.7 Å². The highest BCUT2D eigenvalue weighted by atomic mass is 35.5. The van der Waals surface area contributed by atoms with E-state index in [1.807, 2.05) is 13.8 Å². The molecule has 2 aliphatic carbocycles. The van der Waals surface area contributed by atoms with Gasteiger partial charge in [0.25, 0.3) is 0 Å². The van der Waals surface area contributed by atoms with Gasteiger partial charge in [0.2, 0.25) is 5.95 Å². The maximum atomic E-state index is 7.79. The van der Waals surface area contributed by atoms with Crippen molar-refractivity contribution in [3.8, 4) is 0 Å². The Kier molecular flexibility index (Phi) is 7.89. The summed E-state index contributed by atoms with van der Waals surface area (Å²) in [5.74, 6) is 1.42. The third-order valence-electron chi connectivity index (χ3n) is 4.83. The normalized spacial score (nSPS) is 18.7. The summed E-state index contributed by atoms with van der Waals surface area (Å²) in [7, 11) is 0. The summed E-state index contributed by atoms with van der Waals surface area (Å²) in [5.41, 5.74) is 2.73. The van der Waals surface area contributed by atoms with Gasteiger partial charge in [0, 0.05) is 17.8 Å². The molecule has 0 radical (unpaired) electrons. The van der Waals surface area contributed by atoms with Crippen LogP contribution in [0.2, 0.25) is 5.02 Å². The van der Waals surface area contributed by atoms with Gasteiger partial charge in [0.1, 0.15) is 0 Å². The molecule has 2 fully saturated rings. The van der Waals surface area contributed by atoms with Crippen molar-refractivity contribution in [2.45, 2.75) is 78.2 Å². The summed E-state index contributed by atoms with van der Waals surface area (Å²) in [6.07, 6.45) is 12.9. The number of nitrogens with one attached hydrogen (secondary N) is 2. The van der Waals surface area contributed by atoms with Gasteiger partial charge in [0.05, 0.1) is 16.9 Å². The average molecular weight is 363 g/mol. The van der Waals surface area contributed by atoms with Crippen molar-refractivity contribution in [3.05, 3.63) is 22.5 Å². The number of allylic oxidation sites excluding steroid dienone is 2. The predicted octanol–water partition coefficient (Wildman–Crippen LogP) is 6.12. The minimum absolute atomic E-state index is 0.456. The van der Waals surface area contributed by atoms with E-state index in [-0.39, 0.29) is 0 Å². The number of aromatic nitrogens is 2. The van der Waals surface area contributed by atoms with E-state index in [1.165, 1.54) is 56.7 Å². The molecule has 25 heavy (non-hydrogen) atoms. The number of rotatable bonds is 6. The Balaban J connectivity index is 0.00000109. The van der Waals surface area contributed by atoms with Crippen molar-refractivity contribution in [3.63, 3.8) is 0 Å². The van der Waals surface area contributed by atoms with Crippen LogP contribution in [-0.2, 0) is 0 Å². The van der Waals surface area contributed by atoms with Gasteiger partial charge >= 0.3 is 0 Å². The molecular weight excluding hydrogens is 332 g/mol. The fourth-order valence-corrected chi connectivity index (χ4v) is 3.51. The third kappa shape index (κ3) is 5.81. The average Bonchev–Trinajstić information content (AvgIpc) is 3.45. The van der Waals surface area contributed by atoms with E-state index in [4.69, 9.17) is 17.0 Å².